The van der Waals surface area contributed by atoms with Crippen LogP contribution in [-0.2, 0) is 0 Å². The van der Waals surface area contributed by atoms with Crippen LogP contribution in [0.15, 0.2) is 18.2 Å². The molecular formula is C11H17NO2. The fourth-order valence-corrected chi connectivity index (χ4v) is 1.36. The van der Waals surface area contributed by atoms with Gasteiger partial charge < -0.3 is 15.9 Å². The number of phenols is 2. The van der Waals surface area contributed by atoms with E-state index in [1.165, 1.54) is 12.1 Å². The van der Waals surface area contributed by atoms with Crippen molar-refractivity contribution < 1.29 is 10.2 Å². The first-order valence-corrected chi connectivity index (χ1v) is 4.92. The number of benzene rings is 1. The molecule has 14 heavy (non-hydrogen) atoms. The lowest BCUT2D eigenvalue weighted by molar-refractivity contribution is 0.402. The topological polar surface area (TPSA) is 66.5 Å². The van der Waals surface area contributed by atoms with Gasteiger partial charge in [0.25, 0.3) is 0 Å². The standard InChI is InChI=1S/C11H17NO2/c1-2-3-4-9(12)8-5-6-10(13)11(14)7-8/h5-7,9,13-14H,2-4,12H2,1H3/t9-/m1/s1. The second kappa shape index (κ2) is 4.86. The van der Waals surface area contributed by atoms with Gasteiger partial charge in [0, 0.05) is 6.04 Å². The molecule has 3 heteroatoms. The van der Waals surface area contributed by atoms with Gasteiger partial charge in [-0.05, 0) is 24.1 Å². The Balaban J connectivity index is 2.70. The van der Waals surface area contributed by atoms with E-state index in [4.69, 9.17) is 10.8 Å². The number of unbranched alkanes of at least 4 members (excludes halogenated alkanes) is 1. The molecule has 78 valence electrons. The summed E-state index contributed by atoms with van der Waals surface area (Å²) in [5.41, 5.74) is 6.78. The molecule has 1 atom stereocenters. The highest BCUT2D eigenvalue weighted by Crippen LogP contribution is 2.28. The normalized spacial score (nSPS) is 12.7. The molecule has 0 saturated carbocycles. The van der Waals surface area contributed by atoms with E-state index in [1.807, 2.05) is 0 Å². The number of hydrogen-bond acceptors (Lipinski definition) is 3. The molecule has 0 radical (unpaired) electrons. The van der Waals surface area contributed by atoms with Gasteiger partial charge in [0.05, 0.1) is 0 Å². The summed E-state index contributed by atoms with van der Waals surface area (Å²) < 4.78 is 0. The third kappa shape index (κ3) is 2.64. The minimum atomic E-state index is -0.102. The van der Waals surface area contributed by atoms with Crippen LogP contribution in [0.4, 0.5) is 0 Å². The molecule has 0 aliphatic heterocycles. The van der Waals surface area contributed by atoms with E-state index in [0.717, 1.165) is 24.8 Å². The molecule has 0 bridgehead atoms. The highest BCUT2D eigenvalue weighted by atomic mass is 16.3. The first-order chi connectivity index (χ1) is 6.65. The van der Waals surface area contributed by atoms with Crippen molar-refractivity contribution in [1.82, 2.24) is 0 Å². The largest absolute Gasteiger partial charge is 0.504 e. The Morgan fingerprint density at radius 1 is 1.29 bits per heavy atom. The summed E-state index contributed by atoms with van der Waals surface area (Å²) in [6, 6.07) is 4.68. The number of nitrogens with two attached hydrogens (primary N) is 1. The molecule has 1 aromatic rings. The summed E-state index contributed by atoms with van der Waals surface area (Å²) in [4.78, 5) is 0. The summed E-state index contributed by atoms with van der Waals surface area (Å²) in [7, 11) is 0. The van der Waals surface area contributed by atoms with Crippen molar-refractivity contribution in [3.05, 3.63) is 23.8 Å². The van der Waals surface area contributed by atoms with Crippen molar-refractivity contribution in [3.63, 3.8) is 0 Å². The third-order valence-corrected chi connectivity index (χ3v) is 2.30. The Kier molecular flexibility index (Phi) is 3.77. The minimum absolute atomic E-state index is 0.0542. The van der Waals surface area contributed by atoms with Gasteiger partial charge in [-0.15, -0.1) is 0 Å². The zero-order chi connectivity index (χ0) is 10.6. The SMILES string of the molecule is CCCC[C@@H](N)c1ccc(O)c(O)c1. The minimum Gasteiger partial charge on any atom is -0.504 e. The van der Waals surface area contributed by atoms with Gasteiger partial charge in [-0.2, -0.15) is 0 Å². The first kappa shape index (κ1) is 10.9. The highest BCUT2D eigenvalue weighted by Gasteiger charge is 2.07. The van der Waals surface area contributed by atoms with Crippen LogP contribution in [-0.4, -0.2) is 10.2 Å². The van der Waals surface area contributed by atoms with Crippen molar-refractivity contribution in [1.29, 1.82) is 0 Å². The number of rotatable bonds is 4. The van der Waals surface area contributed by atoms with Crippen LogP contribution in [0.25, 0.3) is 0 Å². The zero-order valence-electron chi connectivity index (χ0n) is 8.40. The molecule has 0 saturated heterocycles. The lowest BCUT2D eigenvalue weighted by Crippen LogP contribution is -2.09. The van der Waals surface area contributed by atoms with Crippen molar-refractivity contribution in [3.8, 4) is 11.5 Å². The maximum absolute atomic E-state index is 9.27. The Bertz CT molecular complexity index is 299. The lowest BCUT2D eigenvalue weighted by atomic mass is 10.0. The maximum atomic E-state index is 9.27. The molecule has 0 aliphatic carbocycles. The molecular weight excluding hydrogens is 178 g/mol. The second-order valence-electron chi connectivity index (χ2n) is 3.50. The molecule has 3 nitrogen and oxygen atoms in total. The van der Waals surface area contributed by atoms with Gasteiger partial charge in [-0.1, -0.05) is 25.8 Å². The zero-order valence-corrected chi connectivity index (χ0v) is 8.40. The molecule has 1 aromatic carbocycles. The smallest absolute Gasteiger partial charge is 0.157 e. The van der Waals surface area contributed by atoms with Crippen LogP contribution < -0.4 is 5.73 Å². The van der Waals surface area contributed by atoms with Gasteiger partial charge >= 0.3 is 0 Å². The Labute approximate surface area is 84.2 Å². The van der Waals surface area contributed by atoms with Gasteiger partial charge in [-0.25, -0.2) is 0 Å². The predicted molar refractivity (Wildman–Crippen MR) is 56.2 cm³/mol. The number of aromatic hydroxyl groups is 2. The average Bonchev–Trinajstić information content (AvgIpc) is 2.18. The summed E-state index contributed by atoms with van der Waals surface area (Å²) in [5.74, 6) is -0.203. The van der Waals surface area contributed by atoms with E-state index in [0.29, 0.717) is 0 Å². The molecule has 1 rings (SSSR count). The second-order valence-corrected chi connectivity index (χ2v) is 3.50. The van der Waals surface area contributed by atoms with Gasteiger partial charge in [0.15, 0.2) is 11.5 Å². The molecule has 0 aliphatic rings. The van der Waals surface area contributed by atoms with Crippen LogP contribution in [0, 0.1) is 0 Å². The van der Waals surface area contributed by atoms with Crippen LogP contribution in [0.5, 0.6) is 11.5 Å². The van der Waals surface area contributed by atoms with Crippen molar-refractivity contribution >= 4 is 0 Å². The highest BCUT2D eigenvalue weighted by molar-refractivity contribution is 5.41. The molecule has 0 amide bonds. The Hall–Kier alpha value is -1.22. The van der Waals surface area contributed by atoms with Crippen LogP contribution in [0.2, 0.25) is 0 Å². The van der Waals surface area contributed by atoms with Crippen LogP contribution >= 0.6 is 0 Å². The summed E-state index contributed by atoms with van der Waals surface area (Å²) in [5, 5.41) is 18.4. The monoisotopic (exact) mass is 195 g/mol. The van der Waals surface area contributed by atoms with E-state index in [9.17, 15) is 5.11 Å². The third-order valence-electron chi connectivity index (χ3n) is 2.30. The van der Waals surface area contributed by atoms with Crippen LogP contribution in [0.3, 0.4) is 0 Å². The van der Waals surface area contributed by atoms with E-state index in [-0.39, 0.29) is 17.5 Å². The maximum Gasteiger partial charge on any atom is 0.157 e. The fourth-order valence-electron chi connectivity index (χ4n) is 1.36. The van der Waals surface area contributed by atoms with Gasteiger partial charge in [-0.3, -0.25) is 0 Å². The van der Waals surface area contributed by atoms with Crippen LogP contribution in [0.1, 0.15) is 37.8 Å². The van der Waals surface area contributed by atoms with Crippen molar-refractivity contribution in [2.24, 2.45) is 5.73 Å². The quantitative estimate of drug-likeness (QED) is 0.646. The Morgan fingerprint density at radius 2 is 2.00 bits per heavy atom. The number of hydrogen-bond donors (Lipinski definition) is 3. The van der Waals surface area contributed by atoms with Gasteiger partial charge in [0.1, 0.15) is 0 Å². The predicted octanol–water partition coefficient (Wildman–Crippen LogP) is 2.29. The first-order valence-electron chi connectivity index (χ1n) is 4.92. The van der Waals surface area contributed by atoms with E-state index >= 15 is 0 Å². The summed E-state index contributed by atoms with van der Waals surface area (Å²) >= 11 is 0. The fraction of sp³-hybridized carbons (Fsp3) is 0.455. The molecule has 0 fully saturated rings. The molecule has 0 aromatic heterocycles. The summed E-state index contributed by atoms with van der Waals surface area (Å²) in [6.07, 6.45) is 3.08. The molecule has 4 N–H and O–H groups in total. The Morgan fingerprint density at radius 3 is 2.57 bits per heavy atom. The van der Waals surface area contributed by atoms with Crippen molar-refractivity contribution in [2.75, 3.05) is 0 Å². The molecule has 0 heterocycles. The number of phenolic OH excluding ortho intramolecular Hbond substituents is 2. The molecule has 0 spiro atoms. The van der Waals surface area contributed by atoms with Gasteiger partial charge in [0.2, 0.25) is 0 Å². The van der Waals surface area contributed by atoms with E-state index in [2.05, 4.69) is 6.92 Å². The average molecular weight is 195 g/mol. The lowest BCUT2D eigenvalue weighted by Gasteiger charge is -2.11. The summed E-state index contributed by atoms with van der Waals surface area (Å²) in [6.45, 7) is 2.11. The van der Waals surface area contributed by atoms with Crippen molar-refractivity contribution in [2.45, 2.75) is 32.2 Å². The molecule has 0 unspecified atom stereocenters. The van der Waals surface area contributed by atoms with E-state index in [1.54, 1.807) is 6.07 Å². The van der Waals surface area contributed by atoms with E-state index < -0.39 is 0 Å².